The number of fused-ring (bicyclic) bond motifs is 2. The van der Waals surface area contributed by atoms with Crippen LogP contribution in [0.2, 0.25) is 0 Å². The molecule has 0 spiro atoms. The Morgan fingerprint density at radius 2 is 2.28 bits per heavy atom. The molecule has 2 aliphatic heterocycles. The van der Waals surface area contributed by atoms with Gasteiger partial charge in [-0.25, -0.2) is 0 Å². The van der Waals surface area contributed by atoms with Crippen molar-refractivity contribution in [1.29, 1.82) is 0 Å². The number of Topliss-reactive ketones (excluding diaryl/α,β-unsaturated/α-hetero) is 1. The Balaban J connectivity index is 1.63. The Hall–Kier alpha value is -0.960. The van der Waals surface area contributed by atoms with Crippen LogP contribution in [0.1, 0.15) is 32.1 Å². The minimum absolute atomic E-state index is 0.0723. The molecule has 1 aliphatic carbocycles. The maximum Gasteiger partial charge on any atom is 0.153 e. The van der Waals surface area contributed by atoms with Crippen LogP contribution >= 0.6 is 0 Å². The van der Waals surface area contributed by atoms with E-state index in [0.29, 0.717) is 24.2 Å². The molecule has 0 aromatic carbocycles. The van der Waals surface area contributed by atoms with E-state index in [9.17, 15) is 4.79 Å². The summed E-state index contributed by atoms with van der Waals surface area (Å²) >= 11 is 0. The Bertz CT molecular complexity index is 377. The van der Waals surface area contributed by atoms with Crippen molar-refractivity contribution in [2.75, 3.05) is 6.54 Å². The highest BCUT2D eigenvalue weighted by molar-refractivity contribution is 5.85. The van der Waals surface area contributed by atoms with Crippen molar-refractivity contribution in [3.8, 4) is 0 Å². The van der Waals surface area contributed by atoms with Crippen LogP contribution in [0, 0.1) is 17.8 Å². The zero-order chi connectivity index (χ0) is 12.5. The lowest BCUT2D eigenvalue weighted by atomic mass is 9.69. The van der Waals surface area contributed by atoms with Crippen molar-refractivity contribution in [2.24, 2.45) is 22.7 Å². The van der Waals surface area contributed by atoms with Gasteiger partial charge in [0.15, 0.2) is 5.78 Å². The van der Waals surface area contributed by atoms with Crippen LogP contribution in [-0.2, 0) is 4.79 Å². The first-order valence-corrected chi connectivity index (χ1v) is 7.17. The van der Waals surface area contributed by atoms with E-state index in [1.807, 2.05) is 0 Å². The summed E-state index contributed by atoms with van der Waals surface area (Å²) in [6, 6.07) is 0.614. The minimum atomic E-state index is 0.0723. The van der Waals surface area contributed by atoms with Crippen LogP contribution in [-0.4, -0.2) is 30.6 Å². The summed E-state index contributed by atoms with van der Waals surface area (Å²) in [5, 5.41) is 3.60. The van der Waals surface area contributed by atoms with E-state index in [1.54, 1.807) is 6.08 Å². The normalized spacial score (nSPS) is 42.1. The molecule has 1 N–H and O–H groups in total. The van der Waals surface area contributed by atoms with E-state index in [2.05, 4.69) is 23.1 Å². The quantitative estimate of drug-likeness (QED) is 0.774. The van der Waals surface area contributed by atoms with Gasteiger partial charge in [-0.3, -0.25) is 9.79 Å². The summed E-state index contributed by atoms with van der Waals surface area (Å²) in [4.78, 5) is 16.4. The molecule has 2 heterocycles. The van der Waals surface area contributed by atoms with Gasteiger partial charge in [0.05, 0.1) is 6.04 Å². The van der Waals surface area contributed by atoms with E-state index >= 15 is 0 Å². The SMILES string of the molecule is C=CCC(=O)C1CCC2CC3C=NCC3CC2N1. The number of carbonyl (C=O) groups excluding carboxylic acids is 1. The zero-order valence-electron chi connectivity index (χ0n) is 10.8. The van der Waals surface area contributed by atoms with Gasteiger partial charge in [-0.2, -0.15) is 0 Å². The first-order valence-electron chi connectivity index (χ1n) is 7.17. The van der Waals surface area contributed by atoms with Crippen molar-refractivity contribution in [3.05, 3.63) is 12.7 Å². The minimum Gasteiger partial charge on any atom is -0.304 e. The van der Waals surface area contributed by atoms with Gasteiger partial charge in [0.1, 0.15) is 0 Å². The van der Waals surface area contributed by atoms with Crippen LogP contribution in [0.15, 0.2) is 17.6 Å². The van der Waals surface area contributed by atoms with Crippen LogP contribution in [0.3, 0.4) is 0 Å². The van der Waals surface area contributed by atoms with Gasteiger partial charge >= 0.3 is 0 Å². The fraction of sp³-hybridized carbons (Fsp3) is 0.733. The maximum absolute atomic E-state index is 11.9. The first kappa shape index (κ1) is 12.1. The number of rotatable bonds is 3. The third-order valence-corrected chi connectivity index (χ3v) is 4.92. The fourth-order valence-corrected chi connectivity index (χ4v) is 3.91. The van der Waals surface area contributed by atoms with E-state index in [-0.39, 0.29) is 6.04 Å². The lowest BCUT2D eigenvalue weighted by molar-refractivity contribution is -0.121. The molecule has 1 saturated heterocycles. The van der Waals surface area contributed by atoms with Gasteiger partial charge in [0.2, 0.25) is 0 Å². The summed E-state index contributed by atoms with van der Waals surface area (Å²) in [5.74, 6) is 2.51. The van der Waals surface area contributed by atoms with E-state index in [0.717, 1.165) is 24.8 Å². The fourth-order valence-electron chi connectivity index (χ4n) is 3.91. The Morgan fingerprint density at radius 3 is 3.11 bits per heavy atom. The second kappa shape index (κ2) is 4.96. The smallest absolute Gasteiger partial charge is 0.153 e. The summed E-state index contributed by atoms with van der Waals surface area (Å²) in [6.45, 7) is 4.66. The van der Waals surface area contributed by atoms with Crippen molar-refractivity contribution >= 4 is 12.0 Å². The number of piperidine rings is 1. The van der Waals surface area contributed by atoms with E-state index in [4.69, 9.17) is 0 Å². The Labute approximate surface area is 109 Å². The van der Waals surface area contributed by atoms with E-state index < -0.39 is 0 Å². The predicted octanol–water partition coefficient (Wildman–Crippen LogP) is 1.98. The molecule has 3 rings (SSSR count). The molecule has 0 aromatic rings. The van der Waals surface area contributed by atoms with Crippen molar-refractivity contribution in [1.82, 2.24) is 5.32 Å². The van der Waals surface area contributed by atoms with Gasteiger partial charge < -0.3 is 5.32 Å². The highest BCUT2D eigenvalue weighted by Crippen LogP contribution is 2.40. The number of hydrogen-bond donors (Lipinski definition) is 1. The van der Waals surface area contributed by atoms with Crippen LogP contribution in [0.4, 0.5) is 0 Å². The third kappa shape index (κ3) is 2.16. The average molecular weight is 246 g/mol. The molecule has 0 bridgehead atoms. The van der Waals surface area contributed by atoms with Crippen molar-refractivity contribution < 1.29 is 4.79 Å². The number of nitrogens with zero attached hydrogens (tertiary/aromatic N) is 1. The van der Waals surface area contributed by atoms with Crippen LogP contribution < -0.4 is 5.32 Å². The molecule has 5 atom stereocenters. The summed E-state index contributed by atoms with van der Waals surface area (Å²) in [6.07, 6.45) is 9.07. The second-order valence-electron chi connectivity index (χ2n) is 6.03. The molecule has 3 aliphatic rings. The lowest BCUT2D eigenvalue weighted by Gasteiger charge is -2.43. The van der Waals surface area contributed by atoms with Gasteiger partial charge in [-0.05, 0) is 43.4 Å². The molecule has 3 nitrogen and oxygen atoms in total. The third-order valence-electron chi connectivity index (χ3n) is 4.92. The molecule has 0 amide bonds. The maximum atomic E-state index is 11.9. The standard InChI is InChI=1S/C15H22N2O/c1-2-3-15(18)13-5-4-10-6-11-8-16-9-12(11)7-14(10)17-13/h2,8,10-14,17H,1,3-7,9H2. The Kier molecular flexibility index (Phi) is 3.33. The number of nitrogens with one attached hydrogen (secondary N) is 1. The molecule has 18 heavy (non-hydrogen) atoms. The number of ketones is 1. The molecular formula is C15H22N2O. The number of allylic oxidation sites excluding steroid dienone is 1. The summed E-state index contributed by atoms with van der Waals surface area (Å²) in [5.41, 5.74) is 0. The van der Waals surface area contributed by atoms with Crippen LogP contribution in [0.25, 0.3) is 0 Å². The van der Waals surface area contributed by atoms with Gasteiger partial charge in [-0.15, -0.1) is 6.58 Å². The molecule has 5 unspecified atom stereocenters. The number of carbonyl (C=O) groups is 1. The van der Waals surface area contributed by atoms with Crippen molar-refractivity contribution in [2.45, 2.75) is 44.2 Å². The van der Waals surface area contributed by atoms with Gasteiger partial charge in [0.25, 0.3) is 0 Å². The average Bonchev–Trinajstić information content (AvgIpc) is 2.82. The molecule has 2 fully saturated rings. The molecular weight excluding hydrogens is 224 g/mol. The lowest BCUT2D eigenvalue weighted by Crippen LogP contribution is -2.54. The molecule has 98 valence electrons. The zero-order valence-corrected chi connectivity index (χ0v) is 10.8. The molecule has 0 radical (unpaired) electrons. The monoisotopic (exact) mass is 246 g/mol. The van der Waals surface area contributed by atoms with Crippen molar-refractivity contribution in [3.63, 3.8) is 0 Å². The second-order valence-corrected chi connectivity index (χ2v) is 6.03. The van der Waals surface area contributed by atoms with Gasteiger partial charge in [-0.1, -0.05) is 6.08 Å². The first-order chi connectivity index (χ1) is 8.78. The Morgan fingerprint density at radius 1 is 1.39 bits per heavy atom. The van der Waals surface area contributed by atoms with E-state index in [1.165, 1.54) is 19.3 Å². The van der Waals surface area contributed by atoms with Crippen LogP contribution in [0.5, 0.6) is 0 Å². The highest BCUT2D eigenvalue weighted by Gasteiger charge is 2.41. The van der Waals surface area contributed by atoms with Gasteiger partial charge in [0, 0.05) is 25.2 Å². The number of hydrogen-bond acceptors (Lipinski definition) is 3. The molecule has 3 heteroatoms. The summed E-state index contributed by atoms with van der Waals surface area (Å²) in [7, 11) is 0. The highest BCUT2D eigenvalue weighted by atomic mass is 16.1. The summed E-state index contributed by atoms with van der Waals surface area (Å²) < 4.78 is 0. The largest absolute Gasteiger partial charge is 0.304 e. The predicted molar refractivity (Wildman–Crippen MR) is 72.8 cm³/mol. The topological polar surface area (TPSA) is 41.5 Å². The molecule has 0 aromatic heterocycles. The number of aliphatic imine (C=N–C) groups is 1. The molecule has 1 saturated carbocycles.